The molecule has 1 fully saturated rings. The Balaban J connectivity index is 2.13. The molecule has 0 amide bonds. The van der Waals surface area contributed by atoms with Gasteiger partial charge in [-0.2, -0.15) is 5.06 Å². The van der Waals surface area contributed by atoms with Gasteiger partial charge in [0.05, 0.1) is 12.6 Å². The molecule has 2 rings (SSSR count). The van der Waals surface area contributed by atoms with Gasteiger partial charge in [0.1, 0.15) is 18.0 Å². The van der Waals surface area contributed by atoms with Gasteiger partial charge in [0.2, 0.25) is 0 Å². The zero-order valence-corrected chi connectivity index (χ0v) is 21.6. The number of carbonyl (C=O) groups excluding carboxylic acids is 1. The second-order valence-corrected chi connectivity index (χ2v) is 14.2. The minimum absolute atomic E-state index is 0.0387. The molecule has 0 spiro atoms. The SMILES string of the molecule is CC(C)(C)C[Si](C)(ON1CCCC1COc1ccccc1CN=[N+]=[N-])C(=O)OC(C)(C)C. The first kappa shape index (κ1) is 26.2. The smallest absolute Gasteiger partial charge is 0.340 e. The van der Waals surface area contributed by atoms with Crippen LogP contribution in [-0.2, 0) is 15.8 Å². The van der Waals surface area contributed by atoms with Crippen LogP contribution in [0.15, 0.2) is 29.4 Å². The molecule has 8 nitrogen and oxygen atoms in total. The Morgan fingerprint density at radius 1 is 1.25 bits per heavy atom. The van der Waals surface area contributed by atoms with Gasteiger partial charge in [0.25, 0.3) is 0 Å². The summed E-state index contributed by atoms with van der Waals surface area (Å²) in [5.41, 5.74) is 8.62. The molecule has 0 aliphatic carbocycles. The average molecular weight is 463 g/mol. The van der Waals surface area contributed by atoms with Crippen LogP contribution in [0.3, 0.4) is 0 Å². The molecule has 9 heteroatoms. The molecule has 0 aromatic heterocycles. The first-order valence-corrected chi connectivity index (χ1v) is 13.9. The highest BCUT2D eigenvalue weighted by atomic mass is 28.4. The van der Waals surface area contributed by atoms with E-state index in [-0.39, 0.29) is 23.6 Å². The molecular weight excluding hydrogens is 424 g/mol. The van der Waals surface area contributed by atoms with Gasteiger partial charge in [-0.15, -0.1) is 0 Å². The largest absolute Gasteiger partial charge is 0.492 e. The molecule has 178 valence electrons. The van der Waals surface area contributed by atoms with Crippen LogP contribution in [0.1, 0.15) is 59.9 Å². The lowest BCUT2D eigenvalue weighted by atomic mass is 10.0. The molecule has 1 aromatic rings. The summed E-state index contributed by atoms with van der Waals surface area (Å²) in [6.45, 7) is 15.4. The standard InChI is InChI=1S/C23H38N4O4Si/c1-22(2,3)17-32(7,21(28)30-23(4,5)6)31-27-14-10-12-19(27)16-29-20-13-9-8-11-18(20)15-25-26-24/h8-9,11,13,19H,10,12,14-17H2,1-7H3. The van der Waals surface area contributed by atoms with Gasteiger partial charge in [-0.1, -0.05) is 44.1 Å². The number of hydroxylamine groups is 2. The quantitative estimate of drug-likeness (QED) is 0.183. The number of hydrogen-bond acceptors (Lipinski definition) is 6. The third kappa shape index (κ3) is 8.13. The Morgan fingerprint density at radius 3 is 2.56 bits per heavy atom. The van der Waals surface area contributed by atoms with E-state index in [9.17, 15) is 4.79 Å². The van der Waals surface area contributed by atoms with Crippen LogP contribution in [0.2, 0.25) is 12.6 Å². The number of nitrogens with zero attached hydrogens (tertiary/aromatic N) is 4. The van der Waals surface area contributed by atoms with Gasteiger partial charge < -0.3 is 14.0 Å². The van der Waals surface area contributed by atoms with Gasteiger partial charge in [-0.05, 0) is 68.8 Å². The first-order chi connectivity index (χ1) is 14.8. The number of azide groups is 1. The maximum Gasteiger partial charge on any atom is 0.340 e. The molecule has 2 unspecified atom stereocenters. The second-order valence-electron chi connectivity index (χ2n) is 10.8. The van der Waals surface area contributed by atoms with Crippen molar-refractivity contribution in [2.24, 2.45) is 10.5 Å². The second kappa shape index (κ2) is 10.7. The van der Waals surface area contributed by atoms with Crippen molar-refractivity contribution >= 4 is 13.9 Å². The van der Waals surface area contributed by atoms with Crippen LogP contribution in [0, 0.1) is 5.41 Å². The van der Waals surface area contributed by atoms with Crippen LogP contribution >= 0.6 is 0 Å². The highest BCUT2D eigenvalue weighted by Gasteiger charge is 2.48. The summed E-state index contributed by atoms with van der Waals surface area (Å²) >= 11 is 0. The van der Waals surface area contributed by atoms with Gasteiger partial charge in [-0.25, -0.2) is 0 Å². The monoisotopic (exact) mass is 462 g/mol. The number of hydrogen-bond donors (Lipinski definition) is 0. The van der Waals surface area contributed by atoms with Crippen LogP contribution in [0.5, 0.6) is 5.75 Å². The summed E-state index contributed by atoms with van der Waals surface area (Å²) in [7, 11) is -2.89. The van der Waals surface area contributed by atoms with E-state index < -0.39 is 13.9 Å². The lowest BCUT2D eigenvalue weighted by Gasteiger charge is -2.37. The van der Waals surface area contributed by atoms with Crippen molar-refractivity contribution in [1.82, 2.24) is 5.06 Å². The average Bonchev–Trinajstić information content (AvgIpc) is 3.09. The molecule has 32 heavy (non-hydrogen) atoms. The van der Waals surface area contributed by atoms with Crippen molar-refractivity contribution in [3.05, 3.63) is 40.3 Å². The third-order valence-electron chi connectivity index (χ3n) is 5.05. The molecule has 1 saturated heterocycles. The van der Waals surface area contributed by atoms with Crippen LogP contribution < -0.4 is 4.74 Å². The normalized spacial score (nSPS) is 19.2. The number of ether oxygens (including phenoxy) is 2. The molecule has 0 saturated carbocycles. The van der Waals surface area contributed by atoms with Crippen molar-refractivity contribution in [2.75, 3.05) is 13.2 Å². The molecular formula is C23H38N4O4Si. The van der Waals surface area contributed by atoms with E-state index in [0.717, 1.165) is 24.9 Å². The number of carbonyl (C=O) groups is 1. The number of rotatable bonds is 9. The summed E-state index contributed by atoms with van der Waals surface area (Å²) in [6, 6.07) is 8.26. The van der Waals surface area contributed by atoms with E-state index in [1.54, 1.807) is 0 Å². The van der Waals surface area contributed by atoms with Gasteiger partial charge >= 0.3 is 13.9 Å². The Hall–Kier alpha value is -2.06. The number of benzene rings is 1. The first-order valence-electron chi connectivity index (χ1n) is 11.2. The summed E-state index contributed by atoms with van der Waals surface area (Å²) in [5, 5.41) is 5.59. The Bertz CT molecular complexity index is 830. The van der Waals surface area contributed by atoms with Crippen LogP contribution in [0.25, 0.3) is 10.4 Å². The van der Waals surface area contributed by atoms with Gasteiger partial charge in [0, 0.05) is 11.5 Å². The van der Waals surface area contributed by atoms with Gasteiger partial charge in [-0.3, -0.25) is 4.79 Å². The third-order valence-corrected chi connectivity index (χ3v) is 8.39. The van der Waals surface area contributed by atoms with Gasteiger partial charge in [0.15, 0.2) is 0 Å². The van der Waals surface area contributed by atoms with Crippen molar-refractivity contribution in [1.29, 1.82) is 0 Å². The number of para-hydroxylation sites is 1. The summed E-state index contributed by atoms with van der Waals surface area (Å²) < 4.78 is 18.4. The van der Waals surface area contributed by atoms with E-state index in [4.69, 9.17) is 19.5 Å². The minimum atomic E-state index is -2.89. The summed E-state index contributed by atoms with van der Waals surface area (Å²) in [4.78, 5) is 16.0. The molecule has 1 aromatic carbocycles. The maximum atomic E-state index is 13.2. The molecule has 0 N–H and O–H groups in total. The van der Waals surface area contributed by atoms with Crippen molar-refractivity contribution in [3.63, 3.8) is 0 Å². The fraction of sp³-hybridized carbons (Fsp3) is 0.696. The fourth-order valence-corrected chi connectivity index (χ4v) is 7.55. The molecule has 1 heterocycles. The minimum Gasteiger partial charge on any atom is -0.492 e. The van der Waals surface area contributed by atoms with Crippen molar-refractivity contribution in [2.45, 2.75) is 85.2 Å². The Kier molecular flexibility index (Phi) is 8.76. The topological polar surface area (TPSA) is 96.8 Å². The summed E-state index contributed by atoms with van der Waals surface area (Å²) in [5.74, 6) is 0.702. The van der Waals surface area contributed by atoms with E-state index in [0.29, 0.717) is 18.4 Å². The molecule has 1 aliphatic heterocycles. The molecule has 0 bridgehead atoms. The van der Waals surface area contributed by atoms with E-state index in [1.165, 1.54) is 0 Å². The Morgan fingerprint density at radius 2 is 1.94 bits per heavy atom. The predicted molar refractivity (Wildman–Crippen MR) is 128 cm³/mol. The summed E-state index contributed by atoms with van der Waals surface area (Å²) in [6.07, 6.45) is 1.90. The maximum absolute atomic E-state index is 13.2. The van der Waals surface area contributed by atoms with E-state index in [1.807, 2.05) is 56.6 Å². The Labute approximate surface area is 192 Å². The molecule has 0 radical (unpaired) electrons. The van der Waals surface area contributed by atoms with Crippen LogP contribution in [0.4, 0.5) is 4.79 Å². The molecule has 1 aliphatic rings. The lowest BCUT2D eigenvalue weighted by Crippen LogP contribution is -2.54. The molecule has 2 atom stereocenters. The highest BCUT2D eigenvalue weighted by molar-refractivity contribution is 6.99. The zero-order valence-electron chi connectivity index (χ0n) is 20.6. The van der Waals surface area contributed by atoms with E-state index >= 15 is 0 Å². The fourth-order valence-electron chi connectivity index (χ4n) is 3.96. The predicted octanol–water partition coefficient (Wildman–Crippen LogP) is 6.41. The highest BCUT2D eigenvalue weighted by Crippen LogP contribution is 2.33. The van der Waals surface area contributed by atoms with E-state index in [2.05, 4.69) is 30.8 Å². The van der Waals surface area contributed by atoms with Crippen molar-refractivity contribution in [3.8, 4) is 5.75 Å². The lowest BCUT2D eigenvalue weighted by molar-refractivity contribution is -0.0928. The van der Waals surface area contributed by atoms with Crippen molar-refractivity contribution < 1.29 is 18.8 Å². The van der Waals surface area contributed by atoms with Crippen LogP contribution in [-0.4, -0.2) is 43.8 Å². The zero-order chi connectivity index (χ0) is 24.0.